The Bertz CT molecular complexity index is 1290. The van der Waals surface area contributed by atoms with Crippen molar-refractivity contribution in [2.75, 3.05) is 29.5 Å². The number of rotatable bonds is 5. The van der Waals surface area contributed by atoms with E-state index in [1.165, 1.54) is 0 Å². The largest absolute Gasteiger partial charge is 0.477 e. The summed E-state index contributed by atoms with van der Waals surface area (Å²) in [7, 11) is -3.16. The zero-order valence-electron chi connectivity index (χ0n) is 23.8. The molecule has 0 radical (unpaired) electrons. The van der Waals surface area contributed by atoms with Crippen LogP contribution in [-0.4, -0.2) is 73.1 Å². The summed E-state index contributed by atoms with van der Waals surface area (Å²) in [5, 5.41) is 10.1. The van der Waals surface area contributed by atoms with Crippen molar-refractivity contribution in [3.05, 3.63) is 15.8 Å². The first-order chi connectivity index (χ1) is 18.7. The van der Waals surface area contributed by atoms with Gasteiger partial charge in [-0.15, -0.1) is 11.3 Å². The van der Waals surface area contributed by atoms with E-state index in [9.17, 15) is 27.9 Å². The fourth-order valence-corrected chi connectivity index (χ4v) is 8.03. The van der Waals surface area contributed by atoms with E-state index in [1.807, 2.05) is 20.8 Å². The first-order valence-electron chi connectivity index (χ1n) is 14.1. The number of aromatic carboxylic acids is 1. The third kappa shape index (κ3) is 7.58. The Labute approximate surface area is 241 Å². The molecular formula is C29H40N2O7S2. The maximum atomic E-state index is 14.1. The predicted molar refractivity (Wildman–Crippen MR) is 154 cm³/mol. The lowest BCUT2D eigenvalue weighted by atomic mass is 9.82. The summed E-state index contributed by atoms with van der Waals surface area (Å²) in [6.07, 6.45) is 3.54. The predicted octanol–water partition coefficient (Wildman–Crippen LogP) is 4.79. The van der Waals surface area contributed by atoms with Crippen molar-refractivity contribution in [3.63, 3.8) is 0 Å². The fourth-order valence-electron chi connectivity index (χ4n) is 5.60. The number of piperidine rings is 1. The van der Waals surface area contributed by atoms with Gasteiger partial charge in [0, 0.05) is 30.5 Å². The number of carboxylic acid groups (broad SMARTS) is 1. The van der Waals surface area contributed by atoms with Gasteiger partial charge in [-0.05, 0) is 77.7 Å². The minimum Gasteiger partial charge on any atom is -0.477 e. The first-order valence-corrected chi connectivity index (χ1v) is 16.8. The molecule has 4 rings (SSSR count). The molecule has 3 aliphatic rings. The second-order valence-corrected chi connectivity index (χ2v) is 15.7. The number of carboxylic acids is 1. The summed E-state index contributed by atoms with van der Waals surface area (Å²) in [5.41, 5.74) is 0.128. The lowest BCUT2D eigenvalue weighted by Gasteiger charge is -2.40. The third-order valence-electron chi connectivity index (χ3n) is 7.88. The number of anilines is 1. The minimum absolute atomic E-state index is 0.0265. The monoisotopic (exact) mass is 592 g/mol. The number of hydrogen-bond acceptors (Lipinski definition) is 7. The van der Waals surface area contributed by atoms with Gasteiger partial charge in [0.1, 0.15) is 11.0 Å². The zero-order chi connectivity index (χ0) is 29.2. The van der Waals surface area contributed by atoms with Crippen molar-refractivity contribution in [2.24, 2.45) is 17.3 Å². The molecule has 1 N–H and O–H groups in total. The van der Waals surface area contributed by atoms with Crippen LogP contribution in [0.2, 0.25) is 0 Å². The van der Waals surface area contributed by atoms with E-state index in [2.05, 4.69) is 18.8 Å². The van der Waals surface area contributed by atoms with Crippen LogP contribution in [0.15, 0.2) is 6.07 Å². The molecule has 1 aromatic heterocycles. The Balaban J connectivity index is 1.56. The SMILES string of the molecule is CC1CCC(C(=O)N(c2cc(C#CC(C)(C)C)sc2C(=O)O)C2CCN(C(=O)OC3CCS(=O)(=O)C3)CC2)CC1. The summed E-state index contributed by atoms with van der Waals surface area (Å²) in [4.78, 5) is 43.1. The molecule has 1 aromatic rings. The summed E-state index contributed by atoms with van der Waals surface area (Å²) in [6, 6.07) is 1.45. The van der Waals surface area contributed by atoms with Gasteiger partial charge in [0.05, 0.1) is 22.1 Å². The molecule has 0 bridgehead atoms. The van der Waals surface area contributed by atoms with Crippen molar-refractivity contribution in [1.29, 1.82) is 0 Å². The summed E-state index contributed by atoms with van der Waals surface area (Å²) < 4.78 is 28.9. The number of likely N-dealkylation sites (tertiary alicyclic amines) is 1. The number of ether oxygens (including phenoxy) is 1. The molecule has 0 aromatic carbocycles. The molecule has 11 heteroatoms. The van der Waals surface area contributed by atoms with Crippen molar-refractivity contribution in [1.82, 2.24) is 4.90 Å². The third-order valence-corrected chi connectivity index (χ3v) is 10.6. The quantitative estimate of drug-likeness (QED) is 0.488. The zero-order valence-corrected chi connectivity index (χ0v) is 25.4. The maximum Gasteiger partial charge on any atom is 0.410 e. The molecule has 2 saturated heterocycles. The lowest BCUT2D eigenvalue weighted by molar-refractivity contribution is -0.124. The van der Waals surface area contributed by atoms with Gasteiger partial charge in [-0.3, -0.25) is 4.79 Å². The average Bonchev–Trinajstić information content (AvgIpc) is 3.46. The van der Waals surface area contributed by atoms with Crippen LogP contribution in [0, 0.1) is 29.1 Å². The highest BCUT2D eigenvalue weighted by Gasteiger charge is 2.39. The highest BCUT2D eigenvalue weighted by molar-refractivity contribution is 7.91. The molecule has 1 aliphatic carbocycles. The molecule has 1 atom stereocenters. The van der Waals surface area contributed by atoms with Crippen molar-refractivity contribution < 1.29 is 32.6 Å². The molecule has 1 unspecified atom stereocenters. The molecule has 0 spiro atoms. The van der Waals surface area contributed by atoms with Gasteiger partial charge in [0.15, 0.2) is 9.84 Å². The molecule has 2 aliphatic heterocycles. The molecule has 1 saturated carbocycles. The Hall–Kier alpha value is -2.58. The topological polar surface area (TPSA) is 121 Å². The number of thiophene rings is 1. The number of amides is 2. The normalized spacial score (nSPS) is 25.1. The Morgan fingerprint density at radius 2 is 1.73 bits per heavy atom. The maximum absolute atomic E-state index is 14.1. The Morgan fingerprint density at radius 3 is 2.27 bits per heavy atom. The van der Waals surface area contributed by atoms with Crippen LogP contribution in [0.3, 0.4) is 0 Å². The number of carbonyl (C=O) groups is 3. The van der Waals surface area contributed by atoms with E-state index in [4.69, 9.17) is 4.74 Å². The van der Waals surface area contributed by atoms with Crippen LogP contribution in [0.25, 0.3) is 0 Å². The van der Waals surface area contributed by atoms with Crippen LogP contribution in [0.1, 0.15) is 87.2 Å². The minimum atomic E-state index is -3.16. The highest BCUT2D eigenvalue weighted by Crippen LogP contribution is 2.38. The molecule has 220 valence electrons. The summed E-state index contributed by atoms with van der Waals surface area (Å²) in [5.74, 6) is 5.38. The van der Waals surface area contributed by atoms with Gasteiger partial charge in [-0.1, -0.05) is 18.8 Å². The Morgan fingerprint density at radius 1 is 1.07 bits per heavy atom. The Kier molecular flexibility index (Phi) is 9.20. The number of sulfone groups is 1. The van der Waals surface area contributed by atoms with Gasteiger partial charge >= 0.3 is 12.1 Å². The summed E-state index contributed by atoms with van der Waals surface area (Å²) >= 11 is 1.09. The number of hydrogen-bond donors (Lipinski definition) is 1. The van der Waals surface area contributed by atoms with Gasteiger partial charge in [0.25, 0.3) is 0 Å². The molecular weight excluding hydrogens is 552 g/mol. The van der Waals surface area contributed by atoms with Crippen LogP contribution in [0.4, 0.5) is 10.5 Å². The van der Waals surface area contributed by atoms with E-state index >= 15 is 0 Å². The molecule has 3 fully saturated rings. The molecule has 40 heavy (non-hydrogen) atoms. The molecule has 2 amide bonds. The highest BCUT2D eigenvalue weighted by atomic mass is 32.2. The van der Waals surface area contributed by atoms with E-state index in [0.29, 0.717) is 48.8 Å². The van der Waals surface area contributed by atoms with Gasteiger partial charge in [-0.25, -0.2) is 18.0 Å². The van der Waals surface area contributed by atoms with Crippen LogP contribution >= 0.6 is 11.3 Å². The molecule has 3 heterocycles. The number of carbonyl (C=O) groups excluding carboxylic acids is 2. The van der Waals surface area contributed by atoms with Crippen molar-refractivity contribution in [3.8, 4) is 11.8 Å². The van der Waals surface area contributed by atoms with Crippen molar-refractivity contribution >= 4 is 44.8 Å². The van der Waals surface area contributed by atoms with Crippen LogP contribution in [0.5, 0.6) is 0 Å². The van der Waals surface area contributed by atoms with Crippen molar-refractivity contribution in [2.45, 2.75) is 84.8 Å². The van der Waals surface area contributed by atoms with Gasteiger partial charge in [0.2, 0.25) is 5.91 Å². The van der Waals surface area contributed by atoms with Gasteiger partial charge in [-0.2, -0.15) is 0 Å². The second-order valence-electron chi connectivity index (χ2n) is 12.4. The number of nitrogens with zero attached hydrogens (tertiary/aromatic N) is 2. The smallest absolute Gasteiger partial charge is 0.410 e. The van der Waals surface area contributed by atoms with E-state index in [1.54, 1.807) is 15.9 Å². The van der Waals surface area contributed by atoms with Gasteiger partial charge < -0.3 is 19.6 Å². The summed E-state index contributed by atoms with van der Waals surface area (Å²) in [6.45, 7) is 8.80. The van der Waals surface area contributed by atoms with Crippen LogP contribution < -0.4 is 4.90 Å². The lowest BCUT2D eigenvalue weighted by Crippen LogP contribution is -2.51. The first kappa shape index (κ1) is 30.4. The van der Waals surface area contributed by atoms with E-state index in [0.717, 1.165) is 37.0 Å². The van der Waals surface area contributed by atoms with E-state index < -0.39 is 28.0 Å². The molecule has 9 nitrogen and oxygen atoms in total. The second kappa shape index (κ2) is 12.1. The standard InChI is InChI=1S/C29H40N2O7S2/c1-19-5-7-20(8-6-19)26(32)31(24-17-23(9-13-29(2,3)4)39-25(24)27(33)34)21-10-14-30(15-11-21)28(35)38-22-12-16-40(36,37)18-22/h17,19-22H,5-8,10-12,14-16,18H2,1-4H3,(H,33,34). The van der Waals surface area contributed by atoms with E-state index in [-0.39, 0.29) is 39.7 Å². The fraction of sp³-hybridized carbons (Fsp3) is 0.690. The average molecular weight is 593 g/mol. The van der Waals surface area contributed by atoms with Crippen LogP contribution in [-0.2, 0) is 19.4 Å².